The second-order valence-corrected chi connectivity index (χ2v) is 3.52. The molecule has 0 aliphatic rings. The van der Waals surface area contributed by atoms with Gasteiger partial charge in [-0.1, -0.05) is 41.9 Å². The molecule has 0 unspecified atom stereocenters. The van der Waals surface area contributed by atoms with Crippen LogP contribution in [0.15, 0.2) is 48.5 Å². The van der Waals surface area contributed by atoms with Crippen molar-refractivity contribution in [3.8, 4) is 11.5 Å². The van der Waals surface area contributed by atoms with E-state index in [1.165, 1.54) is 0 Å². The Morgan fingerprint density at radius 1 is 0.933 bits per heavy atom. The first kappa shape index (κ1) is 10.1. The van der Waals surface area contributed by atoms with E-state index in [0.29, 0.717) is 10.8 Å². The first-order valence-corrected chi connectivity index (χ1v) is 4.98. The van der Waals surface area contributed by atoms with E-state index < -0.39 is 0 Å². The molecule has 0 aromatic heterocycles. The molecule has 0 N–H and O–H groups in total. The Hall–Kier alpha value is -1.47. The molecule has 0 amide bonds. The van der Waals surface area contributed by atoms with Crippen LogP contribution >= 0.6 is 11.6 Å². The number of halogens is 1. The Balaban J connectivity index is 2.29. The molecule has 2 aromatic rings. The highest BCUT2D eigenvalue weighted by atomic mass is 35.5. The van der Waals surface area contributed by atoms with Gasteiger partial charge in [-0.05, 0) is 30.7 Å². The maximum absolute atomic E-state index is 6.06. The van der Waals surface area contributed by atoms with E-state index in [1.54, 1.807) is 0 Å². The summed E-state index contributed by atoms with van der Waals surface area (Å²) >= 11 is 6.06. The fourth-order valence-electron chi connectivity index (χ4n) is 1.25. The van der Waals surface area contributed by atoms with Gasteiger partial charge >= 0.3 is 0 Å². The number of hydrogen-bond acceptors (Lipinski definition) is 1. The summed E-state index contributed by atoms with van der Waals surface area (Å²) in [6, 6.07) is 15.1. The number of ether oxygens (including phenoxy) is 1. The van der Waals surface area contributed by atoms with Crippen LogP contribution in [0.2, 0.25) is 5.02 Å². The smallest absolute Gasteiger partial charge is 0.146 e. The van der Waals surface area contributed by atoms with Crippen molar-refractivity contribution >= 4 is 11.6 Å². The Labute approximate surface area is 94.3 Å². The Morgan fingerprint density at radius 3 is 2.40 bits per heavy atom. The molecule has 0 aliphatic carbocycles. The number of hydrogen-bond donors (Lipinski definition) is 0. The molecule has 15 heavy (non-hydrogen) atoms. The average Bonchev–Trinajstić information content (AvgIpc) is 2.26. The SMILES string of the molecule is [CH2]c1cccc(Oc2ccccc2)c1Cl. The number of benzene rings is 2. The molecule has 2 aromatic carbocycles. The van der Waals surface area contributed by atoms with Gasteiger partial charge in [-0.15, -0.1) is 0 Å². The molecule has 75 valence electrons. The largest absolute Gasteiger partial charge is 0.456 e. The zero-order chi connectivity index (χ0) is 10.7. The van der Waals surface area contributed by atoms with Crippen molar-refractivity contribution in [2.75, 3.05) is 0 Å². The van der Waals surface area contributed by atoms with E-state index in [9.17, 15) is 0 Å². The minimum Gasteiger partial charge on any atom is -0.456 e. The van der Waals surface area contributed by atoms with Crippen molar-refractivity contribution in [2.45, 2.75) is 0 Å². The van der Waals surface area contributed by atoms with Crippen LogP contribution in [0.1, 0.15) is 5.56 Å². The summed E-state index contributed by atoms with van der Waals surface area (Å²) in [5.74, 6) is 1.40. The normalized spacial score (nSPS) is 10.0. The second kappa shape index (κ2) is 4.37. The number of para-hydroxylation sites is 1. The molecular formula is C13H10ClO. The van der Waals surface area contributed by atoms with Gasteiger partial charge in [-0.3, -0.25) is 0 Å². The lowest BCUT2D eigenvalue weighted by Crippen LogP contribution is -1.86. The van der Waals surface area contributed by atoms with Crippen LogP contribution in [0, 0.1) is 6.92 Å². The third kappa shape index (κ3) is 2.31. The van der Waals surface area contributed by atoms with Gasteiger partial charge < -0.3 is 4.74 Å². The maximum Gasteiger partial charge on any atom is 0.146 e. The Morgan fingerprint density at radius 2 is 1.67 bits per heavy atom. The quantitative estimate of drug-likeness (QED) is 0.728. The zero-order valence-electron chi connectivity index (χ0n) is 8.11. The summed E-state index contributed by atoms with van der Waals surface area (Å²) in [6.45, 7) is 3.81. The third-order valence-electron chi connectivity index (χ3n) is 2.01. The van der Waals surface area contributed by atoms with Crippen LogP contribution in [0.4, 0.5) is 0 Å². The lowest BCUT2D eigenvalue weighted by atomic mass is 10.2. The van der Waals surface area contributed by atoms with E-state index in [0.717, 1.165) is 11.3 Å². The van der Waals surface area contributed by atoms with Gasteiger partial charge in [-0.2, -0.15) is 0 Å². The van der Waals surface area contributed by atoms with Crippen LogP contribution < -0.4 is 4.74 Å². The van der Waals surface area contributed by atoms with Crippen molar-refractivity contribution in [1.29, 1.82) is 0 Å². The maximum atomic E-state index is 6.06. The molecule has 0 aliphatic heterocycles. The van der Waals surface area contributed by atoms with Gasteiger partial charge in [0.15, 0.2) is 0 Å². The topological polar surface area (TPSA) is 9.23 Å². The molecule has 0 bridgehead atoms. The van der Waals surface area contributed by atoms with Gasteiger partial charge in [0.05, 0.1) is 5.02 Å². The summed E-state index contributed by atoms with van der Waals surface area (Å²) in [5.41, 5.74) is 0.769. The van der Waals surface area contributed by atoms with E-state index in [2.05, 4.69) is 6.92 Å². The predicted molar refractivity (Wildman–Crippen MR) is 62.4 cm³/mol. The van der Waals surface area contributed by atoms with Crippen LogP contribution in [0.3, 0.4) is 0 Å². The molecule has 0 atom stereocenters. The fraction of sp³-hybridized carbons (Fsp3) is 0. The Kier molecular flexibility index (Phi) is 2.93. The molecule has 0 saturated heterocycles. The molecule has 0 fully saturated rings. The van der Waals surface area contributed by atoms with Gasteiger partial charge in [0, 0.05) is 0 Å². The fourth-order valence-corrected chi connectivity index (χ4v) is 1.42. The average molecular weight is 218 g/mol. The predicted octanol–water partition coefficient (Wildman–Crippen LogP) is 4.31. The summed E-state index contributed by atoms with van der Waals surface area (Å²) in [6.07, 6.45) is 0. The highest BCUT2D eigenvalue weighted by molar-refractivity contribution is 6.32. The highest BCUT2D eigenvalue weighted by Crippen LogP contribution is 2.31. The van der Waals surface area contributed by atoms with Gasteiger partial charge in [-0.25, -0.2) is 0 Å². The van der Waals surface area contributed by atoms with Gasteiger partial charge in [0.1, 0.15) is 11.5 Å². The molecule has 1 radical (unpaired) electrons. The van der Waals surface area contributed by atoms with E-state index in [-0.39, 0.29) is 0 Å². The molecule has 0 spiro atoms. The highest BCUT2D eigenvalue weighted by Gasteiger charge is 2.04. The van der Waals surface area contributed by atoms with Gasteiger partial charge in [0.25, 0.3) is 0 Å². The summed E-state index contributed by atoms with van der Waals surface area (Å²) in [4.78, 5) is 0. The monoisotopic (exact) mass is 217 g/mol. The molecule has 2 rings (SSSR count). The minimum atomic E-state index is 0.557. The van der Waals surface area contributed by atoms with E-state index in [4.69, 9.17) is 16.3 Å². The van der Waals surface area contributed by atoms with Crippen LogP contribution in [0.5, 0.6) is 11.5 Å². The molecule has 0 heterocycles. The van der Waals surface area contributed by atoms with Crippen molar-refractivity contribution in [3.63, 3.8) is 0 Å². The standard InChI is InChI=1S/C13H10ClO/c1-10-6-5-9-12(13(10)14)15-11-7-3-2-4-8-11/h2-9H,1H2. The van der Waals surface area contributed by atoms with E-state index in [1.807, 2.05) is 48.5 Å². The van der Waals surface area contributed by atoms with Gasteiger partial charge in [0.2, 0.25) is 0 Å². The summed E-state index contributed by atoms with van der Waals surface area (Å²) in [7, 11) is 0. The van der Waals surface area contributed by atoms with Crippen molar-refractivity contribution in [2.24, 2.45) is 0 Å². The van der Waals surface area contributed by atoms with Crippen LogP contribution in [-0.2, 0) is 0 Å². The van der Waals surface area contributed by atoms with Crippen molar-refractivity contribution in [1.82, 2.24) is 0 Å². The lowest BCUT2D eigenvalue weighted by Gasteiger charge is -2.08. The second-order valence-electron chi connectivity index (χ2n) is 3.14. The molecular weight excluding hydrogens is 208 g/mol. The molecule has 1 nitrogen and oxygen atoms in total. The lowest BCUT2D eigenvalue weighted by molar-refractivity contribution is 0.483. The first-order valence-electron chi connectivity index (χ1n) is 4.61. The van der Waals surface area contributed by atoms with Crippen LogP contribution in [-0.4, -0.2) is 0 Å². The first-order chi connectivity index (χ1) is 7.27. The molecule has 0 saturated carbocycles. The summed E-state index contributed by atoms with van der Waals surface area (Å²) < 4.78 is 5.62. The summed E-state index contributed by atoms with van der Waals surface area (Å²) in [5, 5.41) is 0.557. The number of rotatable bonds is 2. The minimum absolute atomic E-state index is 0.557. The molecule has 2 heteroatoms. The van der Waals surface area contributed by atoms with Crippen LogP contribution in [0.25, 0.3) is 0 Å². The zero-order valence-corrected chi connectivity index (χ0v) is 8.87. The van der Waals surface area contributed by atoms with E-state index >= 15 is 0 Å². The van der Waals surface area contributed by atoms with Crippen molar-refractivity contribution in [3.05, 3.63) is 66.0 Å². The van der Waals surface area contributed by atoms with Crippen molar-refractivity contribution < 1.29 is 4.74 Å². The Bertz CT molecular complexity index is 451. The third-order valence-corrected chi connectivity index (χ3v) is 2.44.